The van der Waals surface area contributed by atoms with Gasteiger partial charge in [0.1, 0.15) is 0 Å². The Hall–Kier alpha value is -1.15. The van der Waals surface area contributed by atoms with Gasteiger partial charge in [-0.2, -0.15) is 0 Å². The van der Waals surface area contributed by atoms with Crippen LogP contribution in [0.4, 0.5) is 0 Å². The zero-order valence-corrected chi connectivity index (χ0v) is 11.8. The summed E-state index contributed by atoms with van der Waals surface area (Å²) in [4.78, 5) is 12.6. The van der Waals surface area contributed by atoms with Gasteiger partial charge in [0.2, 0.25) is 0 Å². The average Bonchev–Trinajstić information content (AvgIpc) is 2.99. The average molecular weight is 257 g/mol. The highest BCUT2D eigenvalue weighted by Crippen LogP contribution is 2.48. The number of carbonyl (C=O) groups is 1. The van der Waals surface area contributed by atoms with E-state index in [2.05, 4.69) is 26.0 Å². The molecule has 4 atom stereocenters. The minimum Gasteiger partial charge on any atom is -0.327 e. The summed E-state index contributed by atoms with van der Waals surface area (Å²) in [5.41, 5.74) is 8.39. The third-order valence-corrected chi connectivity index (χ3v) is 5.15. The third-order valence-electron chi connectivity index (χ3n) is 5.15. The van der Waals surface area contributed by atoms with Gasteiger partial charge in [-0.1, -0.05) is 38.1 Å². The van der Waals surface area contributed by atoms with Crippen LogP contribution in [0.2, 0.25) is 0 Å². The number of benzene rings is 1. The van der Waals surface area contributed by atoms with E-state index >= 15 is 0 Å². The second-order valence-electron chi connectivity index (χ2n) is 6.58. The van der Waals surface area contributed by atoms with Crippen molar-refractivity contribution in [2.24, 2.45) is 23.5 Å². The number of ketones is 1. The topological polar surface area (TPSA) is 43.1 Å². The molecule has 2 aliphatic carbocycles. The molecule has 0 saturated heterocycles. The molecule has 3 rings (SSSR count). The summed E-state index contributed by atoms with van der Waals surface area (Å²) in [5.74, 6) is 1.98. The highest BCUT2D eigenvalue weighted by Gasteiger charge is 2.48. The summed E-state index contributed by atoms with van der Waals surface area (Å²) in [7, 11) is 0. The summed E-state index contributed by atoms with van der Waals surface area (Å²) in [6.07, 6.45) is 3.59. The molecule has 2 bridgehead atoms. The van der Waals surface area contributed by atoms with E-state index in [1.54, 1.807) is 0 Å². The number of rotatable bonds is 3. The Labute approximate surface area is 115 Å². The first-order valence-corrected chi connectivity index (χ1v) is 7.47. The monoisotopic (exact) mass is 257 g/mol. The van der Waals surface area contributed by atoms with Crippen molar-refractivity contribution in [3.8, 4) is 0 Å². The van der Waals surface area contributed by atoms with E-state index in [0.717, 1.165) is 5.56 Å². The largest absolute Gasteiger partial charge is 0.327 e. The summed E-state index contributed by atoms with van der Waals surface area (Å²) in [6, 6.07) is 8.22. The summed E-state index contributed by atoms with van der Waals surface area (Å²) in [6.45, 7) is 4.34. The lowest BCUT2D eigenvalue weighted by Gasteiger charge is -2.27. The van der Waals surface area contributed by atoms with Crippen LogP contribution in [0.1, 0.15) is 54.9 Å². The Morgan fingerprint density at radius 1 is 1.16 bits per heavy atom. The second kappa shape index (κ2) is 4.75. The van der Waals surface area contributed by atoms with Crippen LogP contribution in [0, 0.1) is 17.8 Å². The fourth-order valence-corrected chi connectivity index (χ4v) is 3.95. The molecule has 2 saturated carbocycles. The first kappa shape index (κ1) is 12.9. The first-order chi connectivity index (χ1) is 9.08. The molecule has 2 nitrogen and oxygen atoms in total. The first-order valence-electron chi connectivity index (χ1n) is 7.47. The lowest BCUT2D eigenvalue weighted by atomic mass is 9.80. The van der Waals surface area contributed by atoms with Gasteiger partial charge in [-0.05, 0) is 42.6 Å². The molecule has 4 unspecified atom stereocenters. The summed E-state index contributed by atoms with van der Waals surface area (Å²) >= 11 is 0. The van der Waals surface area contributed by atoms with Crippen molar-refractivity contribution in [3.63, 3.8) is 0 Å². The van der Waals surface area contributed by atoms with Crippen molar-refractivity contribution >= 4 is 5.78 Å². The normalized spacial score (nSPS) is 33.1. The van der Waals surface area contributed by atoms with Crippen LogP contribution in [0.5, 0.6) is 0 Å². The Kier molecular flexibility index (Phi) is 3.22. The van der Waals surface area contributed by atoms with E-state index < -0.39 is 0 Å². The molecule has 0 aliphatic heterocycles. The van der Waals surface area contributed by atoms with Gasteiger partial charge in [0.05, 0.1) is 0 Å². The van der Waals surface area contributed by atoms with Crippen molar-refractivity contribution in [1.29, 1.82) is 0 Å². The summed E-state index contributed by atoms with van der Waals surface area (Å²) in [5, 5.41) is 0. The van der Waals surface area contributed by atoms with Gasteiger partial charge in [-0.15, -0.1) is 0 Å². The number of nitrogens with two attached hydrogens (primary N) is 1. The highest BCUT2D eigenvalue weighted by atomic mass is 16.1. The molecule has 0 amide bonds. The minimum atomic E-state index is 0.0728. The van der Waals surface area contributed by atoms with Gasteiger partial charge in [0, 0.05) is 17.5 Å². The number of Topliss-reactive ketones (excluding diaryl/α,β-unsaturated/α-hetero) is 1. The van der Waals surface area contributed by atoms with E-state index in [0.29, 0.717) is 17.8 Å². The van der Waals surface area contributed by atoms with E-state index in [-0.39, 0.29) is 17.7 Å². The molecular weight excluding hydrogens is 234 g/mol. The molecule has 2 fully saturated rings. The standard InChI is InChI=1S/C17H23NO/c1-10(2)11-3-5-12(6-4-11)17(19)15-13-7-8-14(9-13)16(15)18/h3-6,10,13-16H,7-9,18H2,1-2H3. The van der Waals surface area contributed by atoms with E-state index in [4.69, 9.17) is 5.73 Å². The second-order valence-corrected chi connectivity index (χ2v) is 6.58. The molecule has 2 aliphatic rings. The maximum atomic E-state index is 12.6. The van der Waals surface area contributed by atoms with Gasteiger partial charge < -0.3 is 5.73 Å². The lowest BCUT2D eigenvalue weighted by Crippen LogP contribution is -2.40. The Morgan fingerprint density at radius 3 is 2.32 bits per heavy atom. The van der Waals surface area contributed by atoms with E-state index in [1.807, 2.05) is 12.1 Å². The number of carbonyl (C=O) groups excluding carboxylic acids is 1. The maximum absolute atomic E-state index is 12.6. The molecular formula is C17H23NO. The van der Waals surface area contributed by atoms with Crippen molar-refractivity contribution in [3.05, 3.63) is 35.4 Å². The number of hydrogen-bond donors (Lipinski definition) is 1. The summed E-state index contributed by atoms with van der Waals surface area (Å²) < 4.78 is 0. The van der Waals surface area contributed by atoms with Crippen molar-refractivity contribution in [2.75, 3.05) is 0 Å². The van der Waals surface area contributed by atoms with E-state index in [9.17, 15) is 4.79 Å². The van der Waals surface area contributed by atoms with Crippen LogP contribution >= 0.6 is 0 Å². The van der Waals surface area contributed by atoms with Crippen molar-refractivity contribution in [2.45, 2.75) is 45.1 Å². The zero-order chi connectivity index (χ0) is 13.6. The van der Waals surface area contributed by atoms with Gasteiger partial charge in [0.15, 0.2) is 5.78 Å². The number of hydrogen-bond acceptors (Lipinski definition) is 2. The quantitative estimate of drug-likeness (QED) is 0.844. The van der Waals surface area contributed by atoms with Crippen LogP contribution in [-0.4, -0.2) is 11.8 Å². The fraction of sp³-hybridized carbons (Fsp3) is 0.588. The molecule has 19 heavy (non-hydrogen) atoms. The van der Waals surface area contributed by atoms with E-state index in [1.165, 1.54) is 24.8 Å². The Bertz CT molecular complexity index is 475. The van der Waals surface area contributed by atoms with Gasteiger partial charge in [0.25, 0.3) is 0 Å². The zero-order valence-electron chi connectivity index (χ0n) is 11.8. The third kappa shape index (κ3) is 2.12. The maximum Gasteiger partial charge on any atom is 0.167 e. The molecule has 1 aromatic rings. The van der Waals surface area contributed by atoms with Gasteiger partial charge >= 0.3 is 0 Å². The van der Waals surface area contributed by atoms with Crippen molar-refractivity contribution in [1.82, 2.24) is 0 Å². The van der Waals surface area contributed by atoms with Crippen LogP contribution in [0.3, 0.4) is 0 Å². The molecule has 2 N–H and O–H groups in total. The SMILES string of the molecule is CC(C)c1ccc(C(=O)C2C3CCC(C3)C2N)cc1. The van der Waals surface area contributed by atoms with Crippen LogP contribution < -0.4 is 5.73 Å². The number of fused-ring (bicyclic) bond motifs is 2. The molecule has 102 valence electrons. The molecule has 2 heteroatoms. The lowest BCUT2D eigenvalue weighted by molar-refractivity contribution is 0.0856. The van der Waals surface area contributed by atoms with Crippen LogP contribution in [0.15, 0.2) is 24.3 Å². The molecule has 1 aromatic carbocycles. The van der Waals surface area contributed by atoms with Crippen LogP contribution in [-0.2, 0) is 0 Å². The molecule has 0 aromatic heterocycles. The smallest absolute Gasteiger partial charge is 0.167 e. The Balaban J connectivity index is 1.80. The minimum absolute atomic E-state index is 0.0728. The van der Waals surface area contributed by atoms with Crippen molar-refractivity contribution < 1.29 is 4.79 Å². The fourth-order valence-electron chi connectivity index (χ4n) is 3.95. The molecule has 0 heterocycles. The van der Waals surface area contributed by atoms with Gasteiger partial charge in [-0.3, -0.25) is 4.79 Å². The molecule has 0 spiro atoms. The predicted octanol–water partition coefficient (Wildman–Crippen LogP) is 3.37. The highest BCUT2D eigenvalue weighted by molar-refractivity contribution is 5.98. The van der Waals surface area contributed by atoms with Gasteiger partial charge in [-0.25, -0.2) is 0 Å². The Morgan fingerprint density at radius 2 is 1.79 bits per heavy atom. The molecule has 0 radical (unpaired) electrons. The predicted molar refractivity (Wildman–Crippen MR) is 77.2 cm³/mol. The van der Waals surface area contributed by atoms with Crippen LogP contribution in [0.25, 0.3) is 0 Å².